The van der Waals surface area contributed by atoms with Crippen molar-refractivity contribution in [2.75, 3.05) is 6.61 Å². The average molecular weight is 312 g/mol. The van der Waals surface area contributed by atoms with Crippen molar-refractivity contribution in [3.05, 3.63) is 71.8 Å². The Bertz CT molecular complexity index is 688. The maximum Gasteiger partial charge on any atom is 0.349 e. The van der Waals surface area contributed by atoms with Crippen LogP contribution in [0.5, 0.6) is 0 Å². The van der Waals surface area contributed by atoms with E-state index < -0.39 is 4.87 Å². The molecule has 0 aliphatic carbocycles. The standard InChI is InChI=1S/C17H16N2O2S/c1-2-21-16(20)17(14-11-7-4-8-12-14)19-18-15(22-17)13-9-5-3-6-10-13/h3-12,19H,2H2,1H3/t17-/m0/s1. The lowest BCUT2D eigenvalue weighted by Crippen LogP contribution is -2.42. The van der Waals surface area contributed by atoms with E-state index in [1.165, 1.54) is 11.8 Å². The van der Waals surface area contributed by atoms with Gasteiger partial charge in [-0.25, -0.2) is 4.79 Å². The maximum absolute atomic E-state index is 12.6. The number of benzene rings is 2. The maximum atomic E-state index is 12.6. The van der Waals surface area contributed by atoms with E-state index in [1.807, 2.05) is 60.7 Å². The Hall–Kier alpha value is -2.27. The highest BCUT2D eigenvalue weighted by molar-refractivity contribution is 8.16. The smallest absolute Gasteiger partial charge is 0.349 e. The molecule has 0 radical (unpaired) electrons. The molecule has 22 heavy (non-hydrogen) atoms. The van der Waals surface area contributed by atoms with Gasteiger partial charge >= 0.3 is 5.97 Å². The molecule has 1 aliphatic heterocycles. The summed E-state index contributed by atoms with van der Waals surface area (Å²) in [6, 6.07) is 19.3. The van der Waals surface area contributed by atoms with Crippen molar-refractivity contribution in [1.82, 2.24) is 5.43 Å². The highest BCUT2D eigenvalue weighted by Crippen LogP contribution is 2.41. The second-order valence-corrected chi connectivity index (χ2v) is 5.97. The minimum absolute atomic E-state index is 0.330. The second-order valence-electron chi connectivity index (χ2n) is 4.76. The van der Waals surface area contributed by atoms with E-state index in [9.17, 15) is 4.79 Å². The fraction of sp³-hybridized carbons (Fsp3) is 0.176. The summed E-state index contributed by atoms with van der Waals surface area (Å²) in [4.78, 5) is 11.5. The van der Waals surface area contributed by atoms with Crippen LogP contribution in [0.1, 0.15) is 18.1 Å². The van der Waals surface area contributed by atoms with E-state index in [2.05, 4.69) is 10.5 Å². The zero-order valence-corrected chi connectivity index (χ0v) is 13.0. The first-order valence-electron chi connectivity index (χ1n) is 7.08. The first kappa shape index (κ1) is 14.7. The molecule has 0 aromatic heterocycles. The number of rotatable bonds is 4. The quantitative estimate of drug-likeness (QED) is 0.881. The Labute approximate surface area is 133 Å². The molecule has 2 aromatic carbocycles. The Morgan fingerprint density at radius 2 is 1.77 bits per heavy atom. The van der Waals surface area contributed by atoms with E-state index in [1.54, 1.807) is 6.92 Å². The van der Waals surface area contributed by atoms with E-state index in [-0.39, 0.29) is 5.97 Å². The van der Waals surface area contributed by atoms with Crippen molar-refractivity contribution < 1.29 is 9.53 Å². The van der Waals surface area contributed by atoms with E-state index in [4.69, 9.17) is 4.74 Å². The molecule has 0 saturated carbocycles. The molecule has 0 bridgehead atoms. The summed E-state index contributed by atoms with van der Waals surface area (Å²) in [6.07, 6.45) is 0. The number of esters is 1. The van der Waals surface area contributed by atoms with Crippen LogP contribution >= 0.6 is 11.8 Å². The van der Waals surface area contributed by atoms with Crippen molar-refractivity contribution in [3.63, 3.8) is 0 Å². The largest absolute Gasteiger partial charge is 0.463 e. The third-order valence-corrected chi connectivity index (χ3v) is 4.65. The molecule has 0 amide bonds. The number of hydrazone groups is 1. The monoisotopic (exact) mass is 312 g/mol. The van der Waals surface area contributed by atoms with Crippen LogP contribution in [-0.4, -0.2) is 17.6 Å². The molecule has 1 N–H and O–H groups in total. The van der Waals surface area contributed by atoms with Gasteiger partial charge in [-0.2, -0.15) is 5.10 Å². The van der Waals surface area contributed by atoms with Gasteiger partial charge in [0.15, 0.2) is 0 Å². The molecule has 1 heterocycles. The summed E-state index contributed by atoms with van der Waals surface area (Å²) in [6.45, 7) is 2.13. The van der Waals surface area contributed by atoms with Gasteiger partial charge in [-0.05, 0) is 6.92 Å². The molecule has 112 valence electrons. The van der Waals surface area contributed by atoms with Gasteiger partial charge in [0.05, 0.1) is 6.61 Å². The van der Waals surface area contributed by atoms with Crippen LogP contribution in [-0.2, 0) is 14.4 Å². The predicted molar refractivity (Wildman–Crippen MR) is 88.5 cm³/mol. The van der Waals surface area contributed by atoms with Crippen molar-refractivity contribution in [2.45, 2.75) is 11.8 Å². The van der Waals surface area contributed by atoms with Gasteiger partial charge in [0.1, 0.15) is 5.04 Å². The first-order chi connectivity index (χ1) is 10.8. The number of ether oxygens (including phenoxy) is 1. The lowest BCUT2D eigenvalue weighted by atomic mass is 10.1. The predicted octanol–water partition coefficient (Wildman–Crippen LogP) is 3.10. The molecule has 4 nitrogen and oxygen atoms in total. The summed E-state index contributed by atoms with van der Waals surface area (Å²) < 4.78 is 5.27. The van der Waals surface area contributed by atoms with Crippen LogP contribution in [0.2, 0.25) is 0 Å². The Kier molecular flexibility index (Phi) is 4.15. The van der Waals surface area contributed by atoms with E-state index >= 15 is 0 Å². The number of nitrogens with zero attached hydrogens (tertiary/aromatic N) is 1. The molecule has 0 saturated heterocycles. The van der Waals surface area contributed by atoms with Gasteiger partial charge in [-0.3, -0.25) is 5.43 Å². The Morgan fingerprint density at radius 1 is 1.14 bits per heavy atom. The zero-order valence-electron chi connectivity index (χ0n) is 12.2. The summed E-state index contributed by atoms with van der Waals surface area (Å²) >= 11 is 1.38. The van der Waals surface area contributed by atoms with Crippen molar-refractivity contribution in [1.29, 1.82) is 0 Å². The van der Waals surface area contributed by atoms with Gasteiger partial charge in [-0.15, -0.1) is 0 Å². The summed E-state index contributed by atoms with van der Waals surface area (Å²) in [5.74, 6) is -0.333. The van der Waals surface area contributed by atoms with E-state index in [0.717, 1.165) is 16.2 Å². The fourth-order valence-electron chi connectivity index (χ4n) is 2.26. The molecule has 5 heteroatoms. The third-order valence-electron chi connectivity index (χ3n) is 3.33. The topological polar surface area (TPSA) is 50.7 Å². The van der Waals surface area contributed by atoms with Crippen molar-refractivity contribution in [2.24, 2.45) is 5.10 Å². The fourth-order valence-corrected chi connectivity index (χ4v) is 3.38. The summed E-state index contributed by atoms with van der Waals surface area (Å²) in [7, 11) is 0. The van der Waals surface area contributed by atoms with Crippen LogP contribution in [0, 0.1) is 0 Å². The van der Waals surface area contributed by atoms with Gasteiger partial charge in [-0.1, -0.05) is 72.4 Å². The Morgan fingerprint density at radius 3 is 2.41 bits per heavy atom. The van der Waals surface area contributed by atoms with Gasteiger partial charge < -0.3 is 4.74 Å². The number of nitrogens with one attached hydrogen (secondary N) is 1. The molecule has 0 spiro atoms. The number of thioether (sulfide) groups is 1. The number of carbonyl (C=O) groups excluding carboxylic acids is 1. The van der Waals surface area contributed by atoms with Crippen molar-refractivity contribution in [3.8, 4) is 0 Å². The van der Waals surface area contributed by atoms with Crippen LogP contribution in [0.25, 0.3) is 0 Å². The SMILES string of the molecule is CCOC(=O)[C@@]1(c2ccccc2)NN=C(c2ccccc2)S1. The summed E-state index contributed by atoms with van der Waals surface area (Å²) in [5.41, 5.74) is 4.80. The highest BCUT2D eigenvalue weighted by atomic mass is 32.2. The molecule has 1 atom stereocenters. The highest BCUT2D eigenvalue weighted by Gasteiger charge is 2.47. The third kappa shape index (κ3) is 2.60. The number of hydrogen-bond acceptors (Lipinski definition) is 5. The van der Waals surface area contributed by atoms with Gasteiger partial charge in [0.2, 0.25) is 4.87 Å². The van der Waals surface area contributed by atoms with Crippen LogP contribution < -0.4 is 5.43 Å². The summed E-state index contributed by atoms with van der Waals surface area (Å²) in [5, 5.41) is 5.14. The second kappa shape index (κ2) is 6.23. The van der Waals surface area contributed by atoms with E-state index in [0.29, 0.717) is 6.61 Å². The molecular formula is C17H16N2O2S. The van der Waals surface area contributed by atoms with Crippen LogP contribution in [0.3, 0.4) is 0 Å². The average Bonchev–Trinajstić information content (AvgIpc) is 3.03. The van der Waals surface area contributed by atoms with Crippen molar-refractivity contribution >= 4 is 22.8 Å². The first-order valence-corrected chi connectivity index (χ1v) is 7.90. The minimum atomic E-state index is -1.03. The molecule has 2 aromatic rings. The van der Waals surface area contributed by atoms with Gasteiger partial charge in [0.25, 0.3) is 0 Å². The number of carbonyl (C=O) groups is 1. The molecule has 0 fully saturated rings. The van der Waals surface area contributed by atoms with Gasteiger partial charge in [0, 0.05) is 11.1 Å². The normalized spacial score (nSPS) is 20.1. The Balaban J connectivity index is 1.95. The van der Waals surface area contributed by atoms with Crippen LogP contribution in [0.15, 0.2) is 65.8 Å². The lowest BCUT2D eigenvalue weighted by molar-refractivity contribution is -0.147. The lowest BCUT2D eigenvalue weighted by Gasteiger charge is -2.25. The molecule has 3 rings (SSSR count). The minimum Gasteiger partial charge on any atom is -0.463 e. The molecule has 1 aliphatic rings. The zero-order chi connectivity index (χ0) is 15.4. The molecule has 0 unspecified atom stereocenters. The molecular weight excluding hydrogens is 296 g/mol. The number of hydrogen-bond donors (Lipinski definition) is 1. The van der Waals surface area contributed by atoms with Crippen LogP contribution in [0.4, 0.5) is 0 Å².